The minimum atomic E-state index is 0.696. The maximum Gasteiger partial charge on any atom is 0.157 e. The summed E-state index contributed by atoms with van der Waals surface area (Å²) < 4.78 is 1.96. The lowest BCUT2D eigenvalue weighted by molar-refractivity contribution is 1.11. The molecule has 80 valence electrons. The second-order valence-corrected chi connectivity index (χ2v) is 7.05. The topological polar surface area (TPSA) is 44.0 Å². The molecular weight excluding hydrogens is 441 g/mol. The predicted octanol–water partition coefficient (Wildman–Crippen LogP) is 3.76. The van der Waals surface area contributed by atoms with Crippen LogP contribution in [0.5, 0.6) is 0 Å². The largest absolute Gasteiger partial charge is 0.371 e. The molecule has 2 rings (SSSR count). The Bertz CT molecular complexity index is 497. The zero-order valence-electron chi connectivity index (χ0n) is 7.68. The average Bonchev–Trinajstić information content (AvgIpc) is 2.62. The summed E-state index contributed by atoms with van der Waals surface area (Å²) in [7, 11) is 1.82. The van der Waals surface area contributed by atoms with Gasteiger partial charge in [-0.3, -0.25) is 6.43 Å². The average molecular weight is 448 g/mol. The maximum absolute atomic E-state index is 6.14. The Kier molecular flexibility index (Phi) is 3.45. The lowest BCUT2D eigenvalue weighted by atomic mass is 10.2. The number of anilines is 2. The molecule has 15 heavy (non-hydrogen) atoms. The SMILES string of the molecule is CNc1n[nH]c2c(N(I)I)ccc(Cl)c12. The van der Waals surface area contributed by atoms with Crippen molar-refractivity contribution in [3.63, 3.8) is 0 Å². The number of hydrogen-bond donors (Lipinski definition) is 2. The number of rotatable bonds is 2. The second kappa shape index (κ2) is 4.50. The van der Waals surface area contributed by atoms with Crippen LogP contribution >= 0.6 is 57.3 Å². The molecule has 1 aromatic heterocycles. The lowest BCUT2D eigenvalue weighted by Gasteiger charge is -2.08. The highest BCUT2D eigenvalue weighted by molar-refractivity contribution is 14.2. The van der Waals surface area contributed by atoms with Crippen molar-refractivity contribution in [3.05, 3.63) is 17.2 Å². The van der Waals surface area contributed by atoms with Crippen LogP contribution in [-0.4, -0.2) is 17.2 Å². The number of aromatic amines is 1. The van der Waals surface area contributed by atoms with Crippen LogP contribution in [0, 0.1) is 0 Å². The van der Waals surface area contributed by atoms with Gasteiger partial charge in [-0.1, -0.05) is 11.6 Å². The monoisotopic (exact) mass is 448 g/mol. The van der Waals surface area contributed by atoms with Crippen molar-refractivity contribution in [2.24, 2.45) is 0 Å². The molecule has 0 radical (unpaired) electrons. The molecule has 1 heterocycles. The van der Waals surface area contributed by atoms with Crippen molar-refractivity contribution in [1.82, 2.24) is 10.2 Å². The van der Waals surface area contributed by atoms with Crippen LogP contribution in [0.1, 0.15) is 0 Å². The number of fused-ring (bicyclic) bond motifs is 1. The van der Waals surface area contributed by atoms with Gasteiger partial charge in [0.25, 0.3) is 0 Å². The molecule has 0 bridgehead atoms. The van der Waals surface area contributed by atoms with Gasteiger partial charge in [0.15, 0.2) is 5.82 Å². The molecule has 1 aromatic carbocycles. The minimum Gasteiger partial charge on any atom is -0.371 e. The summed E-state index contributed by atoms with van der Waals surface area (Å²) in [6.07, 6.45) is 0. The van der Waals surface area contributed by atoms with Gasteiger partial charge in [-0.15, -0.1) is 0 Å². The fourth-order valence-electron chi connectivity index (χ4n) is 1.40. The van der Waals surface area contributed by atoms with Crippen molar-refractivity contribution in [2.75, 3.05) is 13.7 Å². The first-order chi connectivity index (χ1) is 7.15. The van der Waals surface area contributed by atoms with Crippen molar-refractivity contribution in [3.8, 4) is 0 Å². The van der Waals surface area contributed by atoms with Crippen LogP contribution in [0.25, 0.3) is 10.9 Å². The Labute approximate surface area is 120 Å². The van der Waals surface area contributed by atoms with E-state index in [0.29, 0.717) is 5.02 Å². The van der Waals surface area contributed by atoms with Crippen LogP contribution in [0.15, 0.2) is 12.1 Å². The quantitative estimate of drug-likeness (QED) is 0.543. The molecule has 0 saturated carbocycles. The van der Waals surface area contributed by atoms with Gasteiger partial charge in [0.05, 0.1) is 67.3 Å². The maximum atomic E-state index is 6.14. The molecule has 4 nitrogen and oxygen atoms in total. The fraction of sp³-hybridized carbons (Fsp3) is 0.125. The van der Waals surface area contributed by atoms with Gasteiger partial charge in [-0.25, -0.2) is 0 Å². The van der Waals surface area contributed by atoms with Crippen molar-refractivity contribution in [2.45, 2.75) is 0 Å². The predicted molar refractivity (Wildman–Crippen MR) is 81.2 cm³/mol. The zero-order chi connectivity index (χ0) is 11.0. The first-order valence-electron chi connectivity index (χ1n) is 4.11. The number of H-pyrrole nitrogens is 1. The molecule has 0 aliphatic carbocycles. The molecular formula is C8H7ClI2N4. The van der Waals surface area contributed by atoms with Crippen LogP contribution in [0.3, 0.4) is 0 Å². The molecule has 0 spiro atoms. The molecule has 2 aromatic rings. The number of aromatic nitrogens is 2. The van der Waals surface area contributed by atoms with E-state index in [1.807, 2.05) is 20.5 Å². The number of nitrogens with zero attached hydrogens (tertiary/aromatic N) is 2. The van der Waals surface area contributed by atoms with Gasteiger partial charge in [-0.2, -0.15) is 5.10 Å². The van der Waals surface area contributed by atoms with Crippen LogP contribution in [0.4, 0.5) is 11.5 Å². The summed E-state index contributed by atoms with van der Waals surface area (Å²) in [6.45, 7) is 0. The standard InChI is InChI=1S/C8H7ClI2N4/c1-12-8-6-4(9)2-3-5(15(10)11)7(6)13-14-8/h2-3H,1H3,(H2,12,13,14). The second-order valence-electron chi connectivity index (χ2n) is 2.87. The first kappa shape index (κ1) is 11.5. The number of nitrogens with one attached hydrogen (secondary N) is 2. The highest BCUT2D eigenvalue weighted by Gasteiger charge is 2.13. The van der Waals surface area contributed by atoms with E-state index in [0.717, 1.165) is 22.4 Å². The number of halogens is 3. The van der Waals surface area contributed by atoms with E-state index in [2.05, 4.69) is 61.2 Å². The van der Waals surface area contributed by atoms with Crippen molar-refractivity contribution < 1.29 is 0 Å². The van der Waals surface area contributed by atoms with E-state index in [9.17, 15) is 0 Å². The highest BCUT2D eigenvalue weighted by Crippen LogP contribution is 2.37. The van der Waals surface area contributed by atoms with Gasteiger partial charge in [-0.05, 0) is 12.1 Å². The normalized spacial score (nSPS) is 10.7. The lowest BCUT2D eigenvalue weighted by Crippen LogP contribution is -1.91. The van der Waals surface area contributed by atoms with Crippen molar-refractivity contribution in [1.29, 1.82) is 0 Å². The molecule has 0 aliphatic rings. The third-order valence-electron chi connectivity index (χ3n) is 2.07. The molecule has 0 atom stereocenters. The Hall–Kier alpha value is 0.0400. The van der Waals surface area contributed by atoms with E-state index >= 15 is 0 Å². The van der Waals surface area contributed by atoms with Gasteiger partial charge in [0.2, 0.25) is 0 Å². The smallest absolute Gasteiger partial charge is 0.157 e. The number of benzene rings is 1. The van der Waals surface area contributed by atoms with Gasteiger partial charge >= 0.3 is 0 Å². The minimum absolute atomic E-state index is 0.696. The van der Waals surface area contributed by atoms with Gasteiger partial charge in [0.1, 0.15) is 0 Å². The van der Waals surface area contributed by atoms with Gasteiger partial charge in [0, 0.05) is 7.05 Å². The van der Waals surface area contributed by atoms with Crippen LogP contribution in [-0.2, 0) is 0 Å². The molecule has 0 amide bonds. The Morgan fingerprint density at radius 3 is 2.80 bits per heavy atom. The Morgan fingerprint density at radius 2 is 2.20 bits per heavy atom. The highest BCUT2D eigenvalue weighted by atomic mass is 127. The zero-order valence-corrected chi connectivity index (χ0v) is 12.8. The Balaban J connectivity index is 2.78. The van der Waals surface area contributed by atoms with E-state index in [-0.39, 0.29) is 0 Å². The summed E-state index contributed by atoms with van der Waals surface area (Å²) >= 11 is 10.5. The fourth-order valence-corrected chi connectivity index (χ4v) is 2.45. The molecule has 2 N–H and O–H groups in total. The summed E-state index contributed by atoms with van der Waals surface area (Å²) in [6, 6.07) is 3.83. The number of hydrogen-bond acceptors (Lipinski definition) is 3. The summed E-state index contributed by atoms with van der Waals surface area (Å²) in [5, 5.41) is 11.8. The molecule has 0 saturated heterocycles. The summed E-state index contributed by atoms with van der Waals surface area (Å²) in [4.78, 5) is 0. The third kappa shape index (κ3) is 1.98. The molecule has 0 fully saturated rings. The van der Waals surface area contributed by atoms with Crippen molar-refractivity contribution >= 4 is 79.7 Å². The Morgan fingerprint density at radius 1 is 1.47 bits per heavy atom. The van der Waals surface area contributed by atoms with E-state index in [1.165, 1.54) is 0 Å². The van der Waals surface area contributed by atoms with E-state index in [4.69, 9.17) is 11.6 Å². The van der Waals surface area contributed by atoms with Crippen LogP contribution < -0.4 is 6.64 Å². The molecule has 0 aliphatic heterocycles. The third-order valence-corrected chi connectivity index (χ3v) is 3.42. The van der Waals surface area contributed by atoms with E-state index < -0.39 is 0 Å². The van der Waals surface area contributed by atoms with Gasteiger partial charge < -0.3 is 5.32 Å². The first-order valence-corrected chi connectivity index (χ1v) is 6.42. The van der Waals surface area contributed by atoms with E-state index in [1.54, 1.807) is 0 Å². The molecule has 7 heteroatoms. The summed E-state index contributed by atoms with van der Waals surface area (Å²) in [5.41, 5.74) is 1.99. The summed E-state index contributed by atoms with van der Waals surface area (Å²) in [5.74, 6) is 0.770. The van der Waals surface area contributed by atoms with Crippen LogP contribution in [0.2, 0.25) is 5.02 Å². The molecule has 0 unspecified atom stereocenters.